The van der Waals surface area contributed by atoms with Gasteiger partial charge < -0.3 is 23.8 Å². The number of ether oxygens (including phenoxy) is 4. The van der Waals surface area contributed by atoms with Gasteiger partial charge >= 0.3 is 0 Å². The molecule has 1 aliphatic heterocycles. The lowest BCUT2D eigenvalue weighted by atomic mass is 10.1. The second-order valence-corrected chi connectivity index (χ2v) is 6.17. The third kappa shape index (κ3) is 4.51. The van der Waals surface area contributed by atoms with Gasteiger partial charge in [0.05, 0.1) is 27.9 Å². The SMILES string of the molecule is COc1cc(/C=C/C(=O)N2CCC(Oc3cccnn3)C2)cc(OC)c1OC. The lowest BCUT2D eigenvalue weighted by molar-refractivity contribution is -0.125. The van der Waals surface area contributed by atoms with Crippen LogP contribution in [-0.4, -0.2) is 61.5 Å². The van der Waals surface area contributed by atoms with Crippen LogP contribution in [-0.2, 0) is 4.79 Å². The summed E-state index contributed by atoms with van der Waals surface area (Å²) in [5.74, 6) is 1.96. The smallest absolute Gasteiger partial charge is 0.246 e. The average molecular weight is 385 g/mol. The van der Waals surface area contributed by atoms with Crippen LogP contribution in [0.4, 0.5) is 0 Å². The van der Waals surface area contributed by atoms with E-state index >= 15 is 0 Å². The van der Waals surface area contributed by atoms with E-state index in [-0.39, 0.29) is 12.0 Å². The van der Waals surface area contributed by atoms with Crippen LogP contribution in [0.25, 0.3) is 6.08 Å². The molecule has 1 aromatic carbocycles. The van der Waals surface area contributed by atoms with E-state index in [4.69, 9.17) is 18.9 Å². The molecule has 0 saturated carbocycles. The normalized spacial score (nSPS) is 16.2. The highest BCUT2D eigenvalue weighted by atomic mass is 16.5. The Kier molecular flexibility index (Phi) is 6.31. The van der Waals surface area contributed by atoms with Crippen LogP contribution in [0, 0.1) is 0 Å². The van der Waals surface area contributed by atoms with Crippen LogP contribution < -0.4 is 18.9 Å². The molecule has 1 unspecified atom stereocenters. The third-order valence-corrected chi connectivity index (χ3v) is 4.40. The van der Waals surface area contributed by atoms with E-state index in [1.54, 1.807) is 62.8 Å². The minimum absolute atomic E-state index is 0.0843. The van der Waals surface area contributed by atoms with Crippen LogP contribution >= 0.6 is 0 Å². The number of hydrogen-bond acceptors (Lipinski definition) is 7. The van der Waals surface area contributed by atoms with Crippen molar-refractivity contribution >= 4 is 12.0 Å². The Morgan fingerprint density at radius 3 is 2.54 bits per heavy atom. The third-order valence-electron chi connectivity index (χ3n) is 4.40. The van der Waals surface area contributed by atoms with Crippen molar-refractivity contribution in [2.24, 2.45) is 0 Å². The van der Waals surface area contributed by atoms with E-state index in [0.717, 1.165) is 12.0 Å². The molecular formula is C20H23N3O5. The van der Waals surface area contributed by atoms with Crippen molar-refractivity contribution < 1.29 is 23.7 Å². The fourth-order valence-corrected chi connectivity index (χ4v) is 3.02. The summed E-state index contributed by atoms with van der Waals surface area (Å²) >= 11 is 0. The van der Waals surface area contributed by atoms with Crippen molar-refractivity contribution in [2.75, 3.05) is 34.4 Å². The number of methoxy groups -OCH3 is 3. The van der Waals surface area contributed by atoms with Gasteiger partial charge in [0.15, 0.2) is 11.5 Å². The number of aromatic nitrogens is 2. The van der Waals surface area contributed by atoms with Crippen LogP contribution in [0.1, 0.15) is 12.0 Å². The molecule has 1 fully saturated rings. The highest BCUT2D eigenvalue weighted by Crippen LogP contribution is 2.38. The summed E-state index contributed by atoms with van der Waals surface area (Å²) in [5.41, 5.74) is 0.773. The molecule has 0 bridgehead atoms. The van der Waals surface area contributed by atoms with Gasteiger partial charge in [-0.1, -0.05) is 0 Å². The minimum atomic E-state index is -0.0878. The molecule has 148 valence electrons. The molecule has 2 aromatic rings. The van der Waals surface area contributed by atoms with Gasteiger partial charge in [0.1, 0.15) is 6.10 Å². The van der Waals surface area contributed by atoms with Gasteiger partial charge in [-0.15, -0.1) is 5.10 Å². The van der Waals surface area contributed by atoms with Crippen molar-refractivity contribution in [2.45, 2.75) is 12.5 Å². The minimum Gasteiger partial charge on any atom is -0.493 e. The number of nitrogens with zero attached hydrogens (tertiary/aromatic N) is 3. The quantitative estimate of drug-likeness (QED) is 0.676. The van der Waals surface area contributed by atoms with Gasteiger partial charge in [0.2, 0.25) is 17.5 Å². The molecule has 3 rings (SSSR count). The number of benzene rings is 1. The zero-order valence-corrected chi connectivity index (χ0v) is 16.1. The molecule has 0 N–H and O–H groups in total. The summed E-state index contributed by atoms with van der Waals surface area (Å²) in [7, 11) is 4.65. The maximum absolute atomic E-state index is 12.5. The predicted octanol–water partition coefficient (Wildman–Crippen LogP) is 2.20. The second-order valence-electron chi connectivity index (χ2n) is 6.17. The van der Waals surface area contributed by atoms with E-state index in [1.165, 1.54) is 6.08 Å². The fourth-order valence-electron chi connectivity index (χ4n) is 3.02. The molecule has 1 atom stereocenters. The summed E-state index contributed by atoms with van der Waals surface area (Å²) in [4.78, 5) is 14.3. The maximum atomic E-state index is 12.5. The first-order valence-corrected chi connectivity index (χ1v) is 8.86. The maximum Gasteiger partial charge on any atom is 0.246 e. The van der Waals surface area contributed by atoms with Crippen molar-refractivity contribution in [3.63, 3.8) is 0 Å². The van der Waals surface area contributed by atoms with Gasteiger partial charge in [-0.25, -0.2) is 0 Å². The summed E-state index contributed by atoms with van der Waals surface area (Å²) in [5, 5.41) is 7.70. The molecule has 1 saturated heterocycles. The molecule has 1 aromatic heterocycles. The zero-order valence-electron chi connectivity index (χ0n) is 16.1. The van der Waals surface area contributed by atoms with Crippen molar-refractivity contribution in [1.29, 1.82) is 0 Å². The van der Waals surface area contributed by atoms with Gasteiger partial charge in [-0.2, -0.15) is 5.10 Å². The number of likely N-dealkylation sites (tertiary alicyclic amines) is 1. The number of rotatable bonds is 7. The standard InChI is InChI=1S/C20H23N3O5/c1-25-16-11-14(12-17(26-2)20(16)27-3)6-7-19(24)23-10-8-15(13-23)28-18-5-4-9-21-22-18/h4-7,9,11-12,15H,8,10,13H2,1-3H3/b7-6+. The highest BCUT2D eigenvalue weighted by Gasteiger charge is 2.26. The van der Waals surface area contributed by atoms with E-state index in [2.05, 4.69) is 10.2 Å². The van der Waals surface area contributed by atoms with E-state index in [9.17, 15) is 4.79 Å². The Labute approximate surface area is 163 Å². The van der Waals surface area contributed by atoms with Gasteiger partial charge in [0, 0.05) is 31.3 Å². The van der Waals surface area contributed by atoms with Gasteiger partial charge in [0.25, 0.3) is 0 Å². The first kappa shape index (κ1) is 19.5. The average Bonchev–Trinajstić information content (AvgIpc) is 3.20. The monoisotopic (exact) mass is 385 g/mol. The Hall–Kier alpha value is -3.29. The second kappa shape index (κ2) is 9.07. The number of carbonyl (C=O) groups is 1. The van der Waals surface area contributed by atoms with E-state index in [1.807, 2.05) is 0 Å². The molecule has 0 radical (unpaired) electrons. The van der Waals surface area contributed by atoms with Crippen LogP contribution in [0.2, 0.25) is 0 Å². The number of carbonyl (C=O) groups excluding carboxylic acids is 1. The molecule has 8 heteroatoms. The molecule has 2 heterocycles. The van der Waals surface area contributed by atoms with Crippen LogP contribution in [0.3, 0.4) is 0 Å². The highest BCUT2D eigenvalue weighted by molar-refractivity contribution is 5.92. The fraction of sp³-hybridized carbons (Fsp3) is 0.350. The summed E-state index contributed by atoms with van der Waals surface area (Å²) < 4.78 is 21.7. The Morgan fingerprint density at radius 1 is 1.18 bits per heavy atom. The van der Waals surface area contributed by atoms with Crippen molar-refractivity contribution in [1.82, 2.24) is 15.1 Å². The van der Waals surface area contributed by atoms with Crippen LogP contribution in [0.5, 0.6) is 23.1 Å². The molecule has 1 aliphatic rings. The predicted molar refractivity (Wildman–Crippen MR) is 103 cm³/mol. The van der Waals surface area contributed by atoms with E-state index in [0.29, 0.717) is 36.2 Å². The molecule has 0 aliphatic carbocycles. The van der Waals surface area contributed by atoms with Crippen molar-refractivity contribution in [3.05, 3.63) is 42.1 Å². The van der Waals surface area contributed by atoms with Crippen molar-refractivity contribution in [3.8, 4) is 23.1 Å². The largest absolute Gasteiger partial charge is 0.493 e. The van der Waals surface area contributed by atoms with Gasteiger partial charge in [-0.05, 0) is 29.8 Å². The molecule has 0 spiro atoms. The summed E-state index contributed by atoms with van der Waals surface area (Å²) in [6.45, 7) is 1.14. The first-order valence-electron chi connectivity index (χ1n) is 8.86. The summed E-state index contributed by atoms with van der Waals surface area (Å²) in [6.07, 6.45) is 5.51. The molecular weight excluding hydrogens is 362 g/mol. The number of amides is 1. The lowest BCUT2D eigenvalue weighted by Crippen LogP contribution is -2.29. The van der Waals surface area contributed by atoms with E-state index < -0.39 is 0 Å². The Balaban J connectivity index is 1.64. The summed E-state index contributed by atoms with van der Waals surface area (Å²) in [6, 6.07) is 7.09. The lowest BCUT2D eigenvalue weighted by Gasteiger charge is -2.15. The molecule has 28 heavy (non-hydrogen) atoms. The number of hydrogen-bond donors (Lipinski definition) is 0. The zero-order chi connectivity index (χ0) is 19.9. The molecule has 8 nitrogen and oxygen atoms in total. The topological polar surface area (TPSA) is 83.0 Å². The Morgan fingerprint density at radius 2 is 1.93 bits per heavy atom. The molecule has 1 amide bonds. The Bertz CT molecular complexity index is 816. The van der Waals surface area contributed by atoms with Gasteiger partial charge in [-0.3, -0.25) is 4.79 Å². The van der Waals surface area contributed by atoms with Crippen LogP contribution in [0.15, 0.2) is 36.5 Å². The first-order chi connectivity index (χ1) is 13.6.